The first-order valence-corrected chi connectivity index (χ1v) is 11.1. The highest BCUT2D eigenvalue weighted by Crippen LogP contribution is 2.40. The number of rotatable bonds is 7. The van der Waals surface area contributed by atoms with E-state index in [9.17, 15) is 23.1 Å². The second-order valence-corrected chi connectivity index (χ2v) is 9.35. The van der Waals surface area contributed by atoms with Gasteiger partial charge >= 0.3 is 12.1 Å². The van der Waals surface area contributed by atoms with Crippen LogP contribution in [-0.2, 0) is 12.6 Å². The van der Waals surface area contributed by atoms with Gasteiger partial charge < -0.3 is 10.2 Å². The number of carbonyl (C=O) groups is 1. The molecule has 8 heteroatoms. The van der Waals surface area contributed by atoms with Crippen LogP contribution >= 0.6 is 22.9 Å². The number of aliphatic hydroxyl groups excluding tert-OH is 1. The Morgan fingerprint density at radius 1 is 1.29 bits per heavy atom. The van der Waals surface area contributed by atoms with Crippen LogP contribution in [0.15, 0.2) is 48.2 Å². The maximum Gasteiger partial charge on any atom is 0.416 e. The van der Waals surface area contributed by atoms with Crippen LogP contribution in [0.25, 0.3) is 6.08 Å². The number of alkyl halides is 4. The maximum atomic E-state index is 12.8. The molecule has 1 aromatic heterocycles. The predicted octanol–water partition coefficient (Wildman–Crippen LogP) is 6.26. The van der Waals surface area contributed by atoms with Crippen LogP contribution in [0.3, 0.4) is 0 Å². The number of aliphatic hydroxyl groups is 1. The standard InChI is InChI=1S/C23H22ClF3O3S/c24-19-13-20(28)18(9-2-5-14-4-1-6-15(12-14)23(25,26)27)17(19)8-3-7-16-10-11-21(31-16)22(29)30/h1,4-6,9-12,17-20,28H,3,7-8,13H2,(H,29,30)/t2?,17-,18-,19-,20-/m1/s1. The number of hydrogen-bond acceptors (Lipinski definition) is 3. The molecule has 0 bridgehead atoms. The van der Waals surface area contributed by atoms with Gasteiger partial charge in [0.15, 0.2) is 0 Å². The van der Waals surface area contributed by atoms with Gasteiger partial charge in [0, 0.05) is 16.2 Å². The molecule has 31 heavy (non-hydrogen) atoms. The highest BCUT2D eigenvalue weighted by molar-refractivity contribution is 7.13. The first-order chi connectivity index (χ1) is 14.6. The van der Waals surface area contributed by atoms with Crippen molar-refractivity contribution in [2.75, 3.05) is 0 Å². The Morgan fingerprint density at radius 2 is 2.06 bits per heavy atom. The van der Waals surface area contributed by atoms with Crippen LogP contribution in [0.5, 0.6) is 0 Å². The van der Waals surface area contributed by atoms with Crippen molar-refractivity contribution in [1.82, 2.24) is 0 Å². The lowest BCUT2D eigenvalue weighted by atomic mass is 9.89. The number of aryl methyl sites for hydroxylation is 1. The smallest absolute Gasteiger partial charge is 0.416 e. The minimum atomic E-state index is -4.40. The zero-order valence-electron chi connectivity index (χ0n) is 16.5. The number of halogens is 4. The average molecular weight is 471 g/mol. The predicted molar refractivity (Wildman–Crippen MR) is 115 cm³/mol. The van der Waals surface area contributed by atoms with Gasteiger partial charge in [0.1, 0.15) is 4.88 Å². The average Bonchev–Trinajstić information content (AvgIpc) is 3.27. The molecule has 3 nitrogen and oxygen atoms in total. The molecule has 2 aromatic rings. The molecule has 4 atom stereocenters. The fraction of sp³-hybridized carbons (Fsp3) is 0.391. The molecule has 1 aromatic carbocycles. The van der Waals surface area contributed by atoms with Crippen molar-refractivity contribution >= 4 is 35.0 Å². The van der Waals surface area contributed by atoms with Crippen LogP contribution in [0.1, 0.15) is 44.9 Å². The van der Waals surface area contributed by atoms with Crippen molar-refractivity contribution in [3.63, 3.8) is 0 Å². The Morgan fingerprint density at radius 3 is 2.74 bits per heavy atom. The maximum absolute atomic E-state index is 12.8. The third-order valence-electron chi connectivity index (χ3n) is 5.46. The van der Waals surface area contributed by atoms with E-state index in [1.54, 1.807) is 18.2 Å². The lowest BCUT2D eigenvalue weighted by molar-refractivity contribution is -0.137. The van der Waals surface area contributed by atoms with Crippen LogP contribution in [0, 0.1) is 11.8 Å². The van der Waals surface area contributed by atoms with Gasteiger partial charge in [-0.3, -0.25) is 0 Å². The summed E-state index contributed by atoms with van der Waals surface area (Å²) in [7, 11) is 0. The second-order valence-electron chi connectivity index (χ2n) is 7.62. The minimum Gasteiger partial charge on any atom is -0.477 e. The molecule has 0 unspecified atom stereocenters. The summed E-state index contributed by atoms with van der Waals surface area (Å²) in [5, 5.41) is 19.2. The molecule has 0 amide bonds. The highest BCUT2D eigenvalue weighted by Gasteiger charge is 2.39. The van der Waals surface area contributed by atoms with E-state index in [1.807, 2.05) is 6.07 Å². The number of carboxylic acids is 1. The fourth-order valence-electron chi connectivity index (χ4n) is 3.90. The summed E-state index contributed by atoms with van der Waals surface area (Å²) in [4.78, 5) is 12.3. The molecular formula is C23H22ClF3O3S. The van der Waals surface area contributed by atoms with Crippen LogP contribution < -0.4 is 0 Å². The van der Waals surface area contributed by atoms with Crippen molar-refractivity contribution in [2.24, 2.45) is 11.8 Å². The Bertz CT molecular complexity index is 978. The Labute approximate surface area is 187 Å². The van der Waals surface area contributed by atoms with Gasteiger partial charge in [0.2, 0.25) is 0 Å². The van der Waals surface area contributed by atoms with E-state index < -0.39 is 23.8 Å². The van der Waals surface area contributed by atoms with Gasteiger partial charge in [0.25, 0.3) is 0 Å². The molecule has 1 aliphatic rings. The van der Waals surface area contributed by atoms with Gasteiger partial charge in [-0.25, -0.2) is 4.79 Å². The van der Waals surface area contributed by atoms with Gasteiger partial charge in [0.05, 0.1) is 11.7 Å². The lowest BCUT2D eigenvalue weighted by Gasteiger charge is -2.19. The molecule has 2 N–H and O–H groups in total. The van der Waals surface area contributed by atoms with Crippen LogP contribution in [0.2, 0.25) is 0 Å². The van der Waals surface area contributed by atoms with Gasteiger partial charge in [-0.2, -0.15) is 13.2 Å². The summed E-state index contributed by atoms with van der Waals surface area (Å²) < 4.78 is 38.5. The number of aromatic carboxylic acids is 1. The summed E-state index contributed by atoms with van der Waals surface area (Å²) >= 11 is 7.70. The number of hydrogen-bond donors (Lipinski definition) is 2. The molecule has 1 aliphatic carbocycles. The summed E-state index contributed by atoms with van der Waals surface area (Å²) in [6.45, 7) is 0. The number of carboxylic acid groups (broad SMARTS) is 1. The van der Waals surface area contributed by atoms with Crippen LogP contribution in [0.4, 0.5) is 13.2 Å². The molecule has 0 radical (unpaired) electrons. The SMILES string of the molecule is O=C(O)c1ccc(CCC[C@@H]2[C@@H](C=C=Cc3cccc(C(F)(F)F)c3)[C@H](O)C[C@H]2Cl)s1. The molecule has 0 aliphatic heterocycles. The van der Waals surface area contributed by atoms with Crippen molar-refractivity contribution in [2.45, 2.75) is 43.3 Å². The van der Waals surface area contributed by atoms with Crippen LogP contribution in [-0.4, -0.2) is 27.7 Å². The topological polar surface area (TPSA) is 57.5 Å². The van der Waals surface area contributed by atoms with E-state index in [1.165, 1.54) is 23.5 Å². The molecule has 1 saturated carbocycles. The zero-order chi connectivity index (χ0) is 22.6. The van der Waals surface area contributed by atoms with E-state index in [0.29, 0.717) is 16.9 Å². The molecule has 166 valence electrons. The monoisotopic (exact) mass is 470 g/mol. The third kappa shape index (κ3) is 6.23. The molecule has 1 heterocycles. The van der Waals surface area contributed by atoms with Crippen molar-refractivity contribution in [3.8, 4) is 0 Å². The number of thiophene rings is 1. The van der Waals surface area contributed by atoms with Crippen molar-refractivity contribution in [3.05, 3.63) is 69.1 Å². The van der Waals surface area contributed by atoms with Crippen molar-refractivity contribution < 1.29 is 28.2 Å². The van der Waals surface area contributed by atoms with Gasteiger partial charge in [-0.1, -0.05) is 12.1 Å². The minimum absolute atomic E-state index is 0.0120. The zero-order valence-corrected chi connectivity index (χ0v) is 18.1. The van der Waals surface area contributed by atoms with E-state index in [4.69, 9.17) is 16.7 Å². The summed E-state index contributed by atoms with van der Waals surface area (Å²) in [5.74, 6) is -1.16. The summed E-state index contributed by atoms with van der Waals surface area (Å²) in [5.41, 5.74) is 2.59. The van der Waals surface area contributed by atoms with Crippen molar-refractivity contribution in [1.29, 1.82) is 0 Å². The molecule has 1 fully saturated rings. The largest absolute Gasteiger partial charge is 0.477 e. The van der Waals surface area contributed by atoms with E-state index in [0.717, 1.165) is 36.3 Å². The lowest BCUT2D eigenvalue weighted by Crippen LogP contribution is -2.18. The molecule has 3 rings (SSSR count). The van der Waals surface area contributed by atoms with Gasteiger partial charge in [-0.05, 0) is 73.6 Å². The Hall–Kier alpha value is -2.05. The second kappa shape index (κ2) is 10.0. The normalized spacial score (nSPS) is 23.4. The molecular weight excluding hydrogens is 449 g/mol. The molecule has 0 saturated heterocycles. The summed E-state index contributed by atoms with van der Waals surface area (Å²) in [6.07, 6.45) is 0.853. The highest BCUT2D eigenvalue weighted by atomic mass is 35.5. The summed E-state index contributed by atoms with van der Waals surface area (Å²) in [6, 6.07) is 8.39. The first-order valence-electron chi connectivity index (χ1n) is 9.89. The van der Waals surface area contributed by atoms with E-state index in [-0.39, 0.29) is 17.2 Å². The van der Waals surface area contributed by atoms with E-state index in [2.05, 4.69) is 5.73 Å². The quantitative estimate of drug-likeness (QED) is 0.371. The van der Waals surface area contributed by atoms with E-state index >= 15 is 0 Å². The third-order valence-corrected chi connectivity index (χ3v) is 7.09. The molecule has 0 spiro atoms. The fourth-order valence-corrected chi connectivity index (χ4v) is 5.26. The Balaban J connectivity index is 1.64. The van der Waals surface area contributed by atoms with Gasteiger partial charge in [-0.15, -0.1) is 28.7 Å². The number of benzene rings is 1. The first kappa shape index (κ1) is 23.6. The Kier molecular flexibility index (Phi) is 7.65.